The number of benzene rings is 11. The maximum atomic E-state index is 5.50. The van der Waals surface area contributed by atoms with E-state index < -0.39 is 0 Å². The van der Waals surface area contributed by atoms with E-state index in [-0.39, 0.29) is 5.41 Å². The molecule has 15 aromatic rings. The molecule has 1 aliphatic carbocycles. The average Bonchev–Trinajstić information content (AvgIpc) is 4.20. The van der Waals surface area contributed by atoms with Crippen molar-refractivity contribution in [1.29, 1.82) is 0 Å². The van der Waals surface area contributed by atoms with Gasteiger partial charge in [0.1, 0.15) is 0 Å². The van der Waals surface area contributed by atoms with Crippen LogP contribution in [0.4, 0.5) is 0 Å². The van der Waals surface area contributed by atoms with Crippen molar-refractivity contribution in [2.45, 2.75) is 19.3 Å². The Labute approximate surface area is 426 Å². The first-order valence-corrected chi connectivity index (χ1v) is 25.6. The van der Waals surface area contributed by atoms with Crippen molar-refractivity contribution in [1.82, 2.24) is 23.7 Å². The molecule has 4 aromatic heterocycles. The molecule has 1 aliphatic rings. The van der Waals surface area contributed by atoms with Crippen LogP contribution >= 0.6 is 0 Å². The molecule has 0 saturated heterocycles. The minimum atomic E-state index is -0.0631. The standard InChI is InChI=1S/C69H45N5/c1-69(2)56-23-11-7-19-50(56)55-39-48(32-34-57(55)69)72-61-25-13-9-21-53(61)66-63(72)35-36-64-67(66)54-22-10-14-26-62(54)73(64)49-31-33-52-51-20-8-12-24-60(51)74(65(52)40-49)68-70-58(46-29-27-42-15-3-5-17-44(42)37-46)41-59(71-68)47-30-28-43-16-4-6-18-45(43)38-47/h3-41H,1-2H3. The Bertz CT molecular complexity index is 4790. The van der Waals surface area contributed by atoms with Crippen LogP contribution in [0, 0.1) is 0 Å². The fraction of sp³-hybridized carbons (Fsp3) is 0.0435. The van der Waals surface area contributed by atoms with Crippen LogP contribution in [-0.4, -0.2) is 23.7 Å². The molecule has 0 bridgehead atoms. The van der Waals surface area contributed by atoms with Crippen molar-refractivity contribution in [3.8, 4) is 51.0 Å². The SMILES string of the molecule is CC1(C)c2ccccc2-c2cc(-n3c4ccccc4c4c5c6ccccc6n(-c6ccc7c8ccccc8n(-c8nc(-c9ccc%10ccccc%10c9)cc(-c9ccc%10ccccc%10c9)n8)c7c6)c5ccc43)ccc21. The number of nitrogens with zero attached hydrogens (tertiary/aromatic N) is 5. The van der Waals surface area contributed by atoms with Crippen LogP contribution in [0.5, 0.6) is 0 Å². The van der Waals surface area contributed by atoms with Crippen molar-refractivity contribution >= 4 is 87.0 Å². The van der Waals surface area contributed by atoms with Gasteiger partial charge < -0.3 is 9.13 Å². The molecule has 0 atom stereocenters. The minimum absolute atomic E-state index is 0.0631. The molecule has 0 fully saturated rings. The van der Waals surface area contributed by atoms with Gasteiger partial charge in [0.25, 0.3) is 0 Å². The van der Waals surface area contributed by atoms with Gasteiger partial charge in [-0.3, -0.25) is 4.57 Å². The molecule has 0 amide bonds. The Hall–Kier alpha value is -9.58. The third-order valence-electron chi connectivity index (χ3n) is 16.2. The highest BCUT2D eigenvalue weighted by Gasteiger charge is 2.35. The summed E-state index contributed by atoms with van der Waals surface area (Å²) in [4.78, 5) is 11.0. The molecule has 5 nitrogen and oxygen atoms in total. The number of rotatable bonds is 5. The Morgan fingerprint density at radius 2 is 0.784 bits per heavy atom. The highest BCUT2D eigenvalue weighted by Crippen LogP contribution is 2.50. The lowest BCUT2D eigenvalue weighted by Gasteiger charge is -2.21. The van der Waals surface area contributed by atoms with Crippen LogP contribution in [0.3, 0.4) is 0 Å². The molecule has 4 heterocycles. The molecule has 346 valence electrons. The first-order chi connectivity index (χ1) is 36.4. The maximum absolute atomic E-state index is 5.50. The summed E-state index contributed by atoms with van der Waals surface area (Å²) in [5.74, 6) is 0.623. The third kappa shape index (κ3) is 5.80. The second kappa shape index (κ2) is 15.2. The first kappa shape index (κ1) is 41.1. The molecular formula is C69H45N5. The van der Waals surface area contributed by atoms with Crippen LogP contribution in [0.2, 0.25) is 0 Å². The van der Waals surface area contributed by atoms with Crippen molar-refractivity contribution in [2.24, 2.45) is 0 Å². The predicted molar refractivity (Wildman–Crippen MR) is 308 cm³/mol. The smallest absolute Gasteiger partial charge is 0.235 e. The van der Waals surface area contributed by atoms with E-state index in [0.717, 1.165) is 61.0 Å². The van der Waals surface area contributed by atoms with Gasteiger partial charge in [-0.15, -0.1) is 0 Å². The molecule has 11 aromatic carbocycles. The van der Waals surface area contributed by atoms with E-state index in [1.54, 1.807) is 0 Å². The summed E-state index contributed by atoms with van der Waals surface area (Å²) in [6.45, 7) is 4.70. The lowest BCUT2D eigenvalue weighted by atomic mass is 9.82. The number of hydrogen-bond acceptors (Lipinski definition) is 2. The van der Waals surface area contributed by atoms with Gasteiger partial charge in [-0.05, 0) is 117 Å². The van der Waals surface area contributed by atoms with Gasteiger partial charge in [-0.1, -0.05) is 178 Å². The summed E-state index contributed by atoms with van der Waals surface area (Å²) in [5, 5.41) is 12.0. The third-order valence-corrected chi connectivity index (χ3v) is 16.2. The minimum Gasteiger partial charge on any atom is -0.309 e. The van der Waals surface area contributed by atoms with E-state index in [2.05, 4.69) is 264 Å². The lowest BCUT2D eigenvalue weighted by Crippen LogP contribution is -2.14. The van der Waals surface area contributed by atoms with Crippen molar-refractivity contribution in [2.75, 3.05) is 0 Å². The van der Waals surface area contributed by atoms with E-state index in [9.17, 15) is 0 Å². The first-order valence-electron chi connectivity index (χ1n) is 25.6. The van der Waals surface area contributed by atoms with Crippen LogP contribution in [0.15, 0.2) is 237 Å². The largest absolute Gasteiger partial charge is 0.309 e. The topological polar surface area (TPSA) is 40.6 Å². The van der Waals surface area contributed by atoms with Gasteiger partial charge in [0, 0.05) is 60.2 Å². The quantitative estimate of drug-likeness (QED) is 0.172. The predicted octanol–water partition coefficient (Wildman–Crippen LogP) is 17.7. The van der Waals surface area contributed by atoms with E-state index in [0.29, 0.717) is 5.95 Å². The zero-order valence-electron chi connectivity index (χ0n) is 40.8. The molecule has 0 unspecified atom stereocenters. The van der Waals surface area contributed by atoms with Gasteiger partial charge in [0.2, 0.25) is 5.95 Å². The molecule has 0 saturated carbocycles. The summed E-state index contributed by atoms with van der Waals surface area (Å²) in [7, 11) is 0. The molecule has 74 heavy (non-hydrogen) atoms. The molecule has 5 heteroatoms. The summed E-state index contributed by atoms with van der Waals surface area (Å²) >= 11 is 0. The monoisotopic (exact) mass is 943 g/mol. The zero-order chi connectivity index (χ0) is 48.8. The van der Waals surface area contributed by atoms with Gasteiger partial charge >= 0.3 is 0 Å². The van der Waals surface area contributed by atoms with Crippen LogP contribution < -0.4 is 0 Å². The van der Waals surface area contributed by atoms with E-state index >= 15 is 0 Å². The van der Waals surface area contributed by atoms with E-state index in [1.807, 2.05) is 0 Å². The Morgan fingerprint density at radius 1 is 0.311 bits per heavy atom. The van der Waals surface area contributed by atoms with E-state index in [1.165, 1.54) is 82.1 Å². The Kier molecular flexibility index (Phi) is 8.45. The summed E-state index contributed by atoms with van der Waals surface area (Å²) in [6.07, 6.45) is 0. The molecular weight excluding hydrogens is 899 g/mol. The summed E-state index contributed by atoms with van der Waals surface area (Å²) < 4.78 is 7.21. The van der Waals surface area contributed by atoms with Gasteiger partial charge in [-0.2, -0.15) is 0 Å². The molecule has 16 rings (SSSR count). The fourth-order valence-electron chi connectivity index (χ4n) is 12.8. The maximum Gasteiger partial charge on any atom is 0.235 e. The molecule has 0 N–H and O–H groups in total. The van der Waals surface area contributed by atoms with Crippen LogP contribution in [0.25, 0.3) is 138 Å². The van der Waals surface area contributed by atoms with Crippen LogP contribution in [-0.2, 0) is 5.41 Å². The average molecular weight is 944 g/mol. The normalized spacial score (nSPS) is 13.1. The fourth-order valence-corrected chi connectivity index (χ4v) is 12.8. The van der Waals surface area contributed by atoms with E-state index in [4.69, 9.17) is 9.97 Å². The van der Waals surface area contributed by atoms with Gasteiger partial charge in [0.05, 0.1) is 44.5 Å². The second-order valence-electron chi connectivity index (χ2n) is 20.6. The molecule has 0 radical (unpaired) electrons. The molecule has 0 spiro atoms. The molecule has 0 aliphatic heterocycles. The van der Waals surface area contributed by atoms with Gasteiger partial charge in [-0.25, -0.2) is 9.97 Å². The highest BCUT2D eigenvalue weighted by atomic mass is 15.2. The van der Waals surface area contributed by atoms with Gasteiger partial charge in [0.15, 0.2) is 0 Å². The Morgan fingerprint density at radius 3 is 1.41 bits per heavy atom. The van der Waals surface area contributed by atoms with Crippen LogP contribution in [0.1, 0.15) is 25.0 Å². The number of para-hydroxylation sites is 3. The Balaban J connectivity index is 0.930. The van der Waals surface area contributed by atoms with Crippen molar-refractivity contribution < 1.29 is 0 Å². The summed E-state index contributed by atoms with van der Waals surface area (Å²) in [5.41, 5.74) is 18.2. The number of hydrogen-bond donors (Lipinski definition) is 0. The zero-order valence-corrected chi connectivity index (χ0v) is 40.8. The second-order valence-corrected chi connectivity index (χ2v) is 20.6. The van der Waals surface area contributed by atoms with Crippen molar-refractivity contribution in [3.05, 3.63) is 248 Å². The number of fused-ring (bicyclic) bond motifs is 15. The number of aromatic nitrogens is 5. The summed E-state index contributed by atoms with van der Waals surface area (Å²) in [6, 6.07) is 86.6. The highest BCUT2D eigenvalue weighted by molar-refractivity contribution is 6.29. The van der Waals surface area contributed by atoms with Crippen molar-refractivity contribution in [3.63, 3.8) is 0 Å². The lowest BCUT2D eigenvalue weighted by molar-refractivity contribution is 0.660.